The topological polar surface area (TPSA) is 114 Å². The van der Waals surface area contributed by atoms with Gasteiger partial charge in [-0.3, -0.25) is 9.79 Å². The van der Waals surface area contributed by atoms with Crippen LogP contribution < -0.4 is 11.1 Å². The number of carbonyl (C=O) groups is 2. The first-order valence-electron chi connectivity index (χ1n) is 8.64. The molecule has 0 spiro atoms. The number of anilines is 1. The predicted octanol–water partition coefficient (Wildman–Crippen LogP) is 3.10. The summed E-state index contributed by atoms with van der Waals surface area (Å²) in [6.45, 7) is 2.02. The normalized spacial score (nSPS) is 18.9. The lowest BCUT2D eigenvalue weighted by atomic mass is 9.89. The van der Waals surface area contributed by atoms with Crippen LogP contribution in [0.25, 0.3) is 0 Å². The Bertz CT molecular complexity index is 943. The van der Waals surface area contributed by atoms with Crippen molar-refractivity contribution in [2.75, 3.05) is 18.2 Å². The lowest BCUT2D eigenvalue weighted by molar-refractivity contribution is 0.0600. The number of hydrogen-bond donors (Lipinski definition) is 3. The average Bonchev–Trinajstić information content (AvgIpc) is 2.68. The third kappa shape index (κ3) is 4.12. The van der Waals surface area contributed by atoms with E-state index in [9.17, 15) is 14.7 Å². The number of hydrogen-bond acceptors (Lipinski definition) is 7. The van der Waals surface area contributed by atoms with Crippen molar-refractivity contribution in [2.24, 2.45) is 10.7 Å². The van der Waals surface area contributed by atoms with Crippen molar-refractivity contribution in [1.29, 1.82) is 0 Å². The van der Waals surface area contributed by atoms with Gasteiger partial charge in [-0.05, 0) is 49.2 Å². The fourth-order valence-corrected chi connectivity index (χ4v) is 3.93. The zero-order valence-electron chi connectivity index (χ0n) is 15.6. The van der Waals surface area contributed by atoms with Crippen LogP contribution in [0.15, 0.2) is 47.5 Å². The van der Waals surface area contributed by atoms with E-state index in [0.29, 0.717) is 10.7 Å². The molecule has 0 aliphatic carbocycles. The Balaban J connectivity index is 1.75. The third-order valence-corrected chi connectivity index (χ3v) is 5.43. The van der Waals surface area contributed by atoms with Crippen molar-refractivity contribution < 1.29 is 19.4 Å². The summed E-state index contributed by atoms with van der Waals surface area (Å²) in [7, 11) is 1.25. The molecular formula is C20H21N3O4S. The van der Waals surface area contributed by atoms with Gasteiger partial charge in [0.2, 0.25) is 0 Å². The standard InChI is InChI=1S/C20H21N3O4S/c1-20(9-10-28-19(21)23-20)14-6-3-12(4-7-14)17(25)22-15-8-5-13(11-16(15)24)18(26)27-2/h3-8,11,24H,9-10H2,1-2H3,(H2,21,23)(H,22,25). The number of nitrogens with zero attached hydrogens (tertiary/aromatic N) is 1. The second kappa shape index (κ2) is 7.93. The van der Waals surface area contributed by atoms with Gasteiger partial charge < -0.3 is 20.9 Å². The summed E-state index contributed by atoms with van der Waals surface area (Å²) in [4.78, 5) is 28.5. The molecule has 1 amide bonds. The first-order valence-corrected chi connectivity index (χ1v) is 9.62. The highest BCUT2D eigenvalue weighted by atomic mass is 32.2. The van der Waals surface area contributed by atoms with Crippen LogP contribution >= 0.6 is 11.8 Å². The summed E-state index contributed by atoms with van der Waals surface area (Å²) in [6, 6.07) is 11.3. The molecule has 146 valence electrons. The summed E-state index contributed by atoms with van der Waals surface area (Å²) in [5, 5.41) is 13.3. The van der Waals surface area contributed by atoms with Crippen LogP contribution in [0.3, 0.4) is 0 Å². The second-order valence-corrected chi connectivity index (χ2v) is 7.69. The van der Waals surface area contributed by atoms with E-state index in [-0.39, 0.29) is 22.9 Å². The molecule has 0 bridgehead atoms. The van der Waals surface area contributed by atoms with E-state index in [0.717, 1.165) is 17.7 Å². The van der Waals surface area contributed by atoms with E-state index in [4.69, 9.17) is 5.73 Å². The van der Waals surface area contributed by atoms with Crippen LogP contribution in [0.1, 0.15) is 39.6 Å². The van der Waals surface area contributed by atoms with E-state index in [1.165, 1.54) is 25.3 Å². The van der Waals surface area contributed by atoms with Crippen LogP contribution in [-0.4, -0.2) is 35.0 Å². The molecule has 0 fully saturated rings. The van der Waals surface area contributed by atoms with E-state index >= 15 is 0 Å². The Kier molecular flexibility index (Phi) is 5.60. The molecule has 1 aliphatic heterocycles. The fraction of sp³-hybridized carbons (Fsp3) is 0.250. The van der Waals surface area contributed by atoms with Gasteiger partial charge in [0, 0.05) is 11.3 Å². The average molecular weight is 399 g/mol. The van der Waals surface area contributed by atoms with Crippen molar-refractivity contribution in [3.63, 3.8) is 0 Å². The number of phenolic OH excluding ortho intramolecular Hbond substituents is 1. The number of phenols is 1. The van der Waals surface area contributed by atoms with Gasteiger partial charge in [-0.2, -0.15) is 0 Å². The van der Waals surface area contributed by atoms with E-state index in [2.05, 4.69) is 15.0 Å². The van der Waals surface area contributed by atoms with Crippen molar-refractivity contribution >= 4 is 34.5 Å². The van der Waals surface area contributed by atoms with Crippen LogP contribution in [0.4, 0.5) is 5.69 Å². The summed E-state index contributed by atoms with van der Waals surface area (Å²) < 4.78 is 4.60. The Morgan fingerprint density at radius 3 is 2.50 bits per heavy atom. The number of amidine groups is 1. The van der Waals surface area contributed by atoms with Gasteiger partial charge in [-0.1, -0.05) is 23.9 Å². The molecule has 1 heterocycles. The summed E-state index contributed by atoms with van der Waals surface area (Å²) in [6.07, 6.45) is 0.865. The highest BCUT2D eigenvalue weighted by Crippen LogP contribution is 2.35. The van der Waals surface area contributed by atoms with Crippen molar-refractivity contribution in [1.82, 2.24) is 0 Å². The van der Waals surface area contributed by atoms with Crippen LogP contribution in [0, 0.1) is 0 Å². The Morgan fingerprint density at radius 2 is 1.89 bits per heavy atom. The van der Waals surface area contributed by atoms with Gasteiger partial charge in [0.1, 0.15) is 5.75 Å². The number of esters is 1. The summed E-state index contributed by atoms with van der Waals surface area (Å²) in [5.41, 5.74) is 7.28. The Labute approximate surface area is 167 Å². The van der Waals surface area contributed by atoms with Gasteiger partial charge in [0.05, 0.1) is 23.9 Å². The van der Waals surface area contributed by atoms with Gasteiger partial charge >= 0.3 is 5.97 Å². The predicted molar refractivity (Wildman–Crippen MR) is 110 cm³/mol. The summed E-state index contributed by atoms with van der Waals surface area (Å²) in [5.74, 6) is -0.263. The maximum atomic E-state index is 12.5. The van der Waals surface area contributed by atoms with Crippen LogP contribution in [-0.2, 0) is 10.3 Å². The summed E-state index contributed by atoms with van der Waals surface area (Å²) >= 11 is 1.54. The highest BCUT2D eigenvalue weighted by Gasteiger charge is 2.29. The van der Waals surface area contributed by atoms with Gasteiger partial charge in [0.25, 0.3) is 5.91 Å². The first-order chi connectivity index (χ1) is 13.3. The number of methoxy groups -OCH3 is 1. The molecule has 0 radical (unpaired) electrons. The molecule has 0 saturated carbocycles. The minimum absolute atomic E-state index is 0.195. The Hall–Kier alpha value is -3.00. The molecule has 2 aromatic carbocycles. The van der Waals surface area contributed by atoms with Crippen LogP contribution in [0.2, 0.25) is 0 Å². The molecule has 2 aromatic rings. The number of nitrogens with one attached hydrogen (secondary N) is 1. The number of amides is 1. The molecule has 0 aromatic heterocycles. The number of ether oxygens (including phenoxy) is 1. The lowest BCUT2D eigenvalue weighted by Crippen LogP contribution is -2.28. The number of aliphatic imine (C=N–C) groups is 1. The smallest absolute Gasteiger partial charge is 0.337 e. The molecule has 28 heavy (non-hydrogen) atoms. The Morgan fingerprint density at radius 1 is 1.21 bits per heavy atom. The van der Waals surface area contributed by atoms with E-state index in [1.54, 1.807) is 23.9 Å². The van der Waals surface area contributed by atoms with Crippen molar-refractivity contribution in [2.45, 2.75) is 18.9 Å². The number of rotatable bonds is 4. The molecule has 8 heteroatoms. The number of carbonyl (C=O) groups excluding carboxylic acids is 2. The highest BCUT2D eigenvalue weighted by molar-refractivity contribution is 8.13. The largest absolute Gasteiger partial charge is 0.506 e. The quantitative estimate of drug-likeness (QED) is 0.538. The molecule has 4 N–H and O–H groups in total. The molecule has 1 aliphatic rings. The monoisotopic (exact) mass is 399 g/mol. The zero-order chi connectivity index (χ0) is 20.3. The molecule has 3 rings (SSSR count). The molecule has 1 unspecified atom stereocenters. The zero-order valence-corrected chi connectivity index (χ0v) is 16.4. The van der Waals surface area contributed by atoms with Gasteiger partial charge in [-0.25, -0.2) is 4.79 Å². The van der Waals surface area contributed by atoms with E-state index in [1.807, 2.05) is 19.1 Å². The second-order valence-electron chi connectivity index (χ2n) is 6.58. The maximum absolute atomic E-state index is 12.5. The number of nitrogens with two attached hydrogens (primary N) is 1. The van der Waals surface area contributed by atoms with Gasteiger partial charge in [0.15, 0.2) is 5.17 Å². The minimum atomic E-state index is -0.568. The number of benzene rings is 2. The van der Waals surface area contributed by atoms with Crippen LogP contribution in [0.5, 0.6) is 5.75 Å². The minimum Gasteiger partial charge on any atom is -0.506 e. The molecular weight excluding hydrogens is 378 g/mol. The van der Waals surface area contributed by atoms with Crippen molar-refractivity contribution in [3.05, 3.63) is 59.2 Å². The van der Waals surface area contributed by atoms with Crippen molar-refractivity contribution in [3.8, 4) is 5.75 Å². The van der Waals surface area contributed by atoms with E-state index < -0.39 is 11.5 Å². The fourth-order valence-electron chi connectivity index (χ4n) is 2.95. The molecule has 1 atom stereocenters. The first kappa shape index (κ1) is 19.8. The number of aromatic hydroxyl groups is 1. The molecule has 7 nitrogen and oxygen atoms in total. The maximum Gasteiger partial charge on any atom is 0.337 e. The third-order valence-electron chi connectivity index (χ3n) is 4.63. The lowest BCUT2D eigenvalue weighted by Gasteiger charge is -2.29. The number of thioether (sulfide) groups is 1. The van der Waals surface area contributed by atoms with Gasteiger partial charge in [-0.15, -0.1) is 0 Å². The molecule has 0 saturated heterocycles. The SMILES string of the molecule is COC(=O)c1ccc(NC(=O)c2ccc(C3(C)CCSC(N)=N3)cc2)c(O)c1.